The van der Waals surface area contributed by atoms with Crippen LogP contribution >= 0.6 is 0 Å². The molecule has 1 aromatic carbocycles. The fraction of sp³-hybridized carbons (Fsp3) is 0.360. The summed E-state index contributed by atoms with van der Waals surface area (Å²) in [5.41, 5.74) is 12.1. The van der Waals surface area contributed by atoms with Crippen molar-refractivity contribution in [1.29, 1.82) is 0 Å². The maximum absolute atomic E-state index is 10.1. The molecule has 1 aliphatic carbocycles. The molecule has 1 atom stereocenters. The number of nitrogen functional groups attached to an aromatic ring is 1. The lowest BCUT2D eigenvalue weighted by molar-refractivity contribution is 0.197. The summed E-state index contributed by atoms with van der Waals surface area (Å²) >= 11 is 0. The van der Waals surface area contributed by atoms with Crippen molar-refractivity contribution in [2.24, 2.45) is 5.92 Å². The Morgan fingerprint density at radius 3 is 2.50 bits per heavy atom. The summed E-state index contributed by atoms with van der Waals surface area (Å²) in [7, 11) is 0. The molecule has 5 rings (SSSR count). The van der Waals surface area contributed by atoms with Gasteiger partial charge >= 0.3 is 0 Å². The fourth-order valence-electron chi connectivity index (χ4n) is 4.44. The number of anilines is 3. The Morgan fingerprint density at radius 2 is 1.85 bits per heavy atom. The predicted molar refractivity (Wildman–Crippen MR) is 132 cm³/mol. The van der Waals surface area contributed by atoms with Gasteiger partial charge in [-0.2, -0.15) is 10.2 Å². The predicted octanol–water partition coefficient (Wildman–Crippen LogP) is 4.24. The van der Waals surface area contributed by atoms with E-state index in [9.17, 15) is 5.11 Å². The van der Waals surface area contributed by atoms with Crippen LogP contribution in [0.15, 0.2) is 36.7 Å². The Hall–Kier alpha value is -3.72. The minimum atomic E-state index is -0.598. The van der Waals surface area contributed by atoms with Gasteiger partial charge < -0.3 is 16.2 Å². The quantitative estimate of drug-likeness (QED) is 0.354. The number of benzene rings is 1. The van der Waals surface area contributed by atoms with Crippen molar-refractivity contribution in [3.63, 3.8) is 0 Å². The zero-order valence-electron chi connectivity index (χ0n) is 19.9. The number of hydrogen-bond acceptors (Lipinski definition) is 7. The minimum Gasteiger partial charge on any atom is -0.399 e. The van der Waals surface area contributed by atoms with Gasteiger partial charge in [-0.15, -0.1) is 0 Å². The van der Waals surface area contributed by atoms with Crippen LogP contribution in [0.25, 0.3) is 17.1 Å². The monoisotopic (exact) mass is 458 g/mol. The highest BCUT2D eigenvalue weighted by Gasteiger charge is 2.26. The Balaban J connectivity index is 1.51. The number of aliphatic hydroxyl groups is 1. The molecule has 4 N–H and O–H groups in total. The van der Waals surface area contributed by atoms with Crippen LogP contribution < -0.4 is 11.1 Å². The molecule has 0 amide bonds. The summed E-state index contributed by atoms with van der Waals surface area (Å²) < 4.78 is 3.80. The molecule has 4 aromatic rings. The lowest BCUT2D eigenvalue weighted by atomic mass is 10.1. The standard InChI is InChI=1S/C25H30N8O/c1-14-24(19-7-9-20(26)10-8-19)31-32(12-18-5-6-18)25(14)29-21-11-22(28-13-27-21)33-16(3)23(17(4)34)15(2)30-33/h7-11,13,17-18,34H,5-6,12,26H2,1-4H3,(H,27,28,29). The third kappa shape index (κ3) is 4.14. The van der Waals surface area contributed by atoms with Crippen LogP contribution in [-0.2, 0) is 6.54 Å². The normalized spacial score (nSPS) is 14.4. The van der Waals surface area contributed by atoms with Crippen molar-refractivity contribution in [3.05, 3.63) is 59.2 Å². The summed E-state index contributed by atoms with van der Waals surface area (Å²) in [6.45, 7) is 8.51. The number of nitrogens with zero attached hydrogens (tertiary/aromatic N) is 6. The lowest BCUT2D eigenvalue weighted by Gasteiger charge is -2.11. The molecule has 34 heavy (non-hydrogen) atoms. The van der Waals surface area contributed by atoms with E-state index in [1.807, 2.05) is 44.2 Å². The zero-order valence-corrected chi connectivity index (χ0v) is 19.9. The van der Waals surface area contributed by atoms with Gasteiger partial charge in [-0.05, 0) is 58.6 Å². The number of aliphatic hydroxyl groups excluding tert-OH is 1. The van der Waals surface area contributed by atoms with Crippen molar-refractivity contribution in [3.8, 4) is 17.1 Å². The third-order valence-corrected chi connectivity index (χ3v) is 6.38. The molecule has 3 aromatic heterocycles. The van der Waals surface area contributed by atoms with E-state index >= 15 is 0 Å². The average molecular weight is 459 g/mol. The number of rotatable bonds is 7. The zero-order chi connectivity index (χ0) is 24.0. The van der Waals surface area contributed by atoms with Gasteiger partial charge in [0.2, 0.25) is 0 Å². The van der Waals surface area contributed by atoms with Crippen LogP contribution in [-0.4, -0.2) is 34.6 Å². The Kier molecular flexibility index (Phi) is 5.57. The van der Waals surface area contributed by atoms with Crippen LogP contribution in [0, 0.1) is 26.7 Å². The molecule has 0 bridgehead atoms. The molecule has 0 radical (unpaired) electrons. The Morgan fingerprint density at radius 1 is 1.12 bits per heavy atom. The lowest BCUT2D eigenvalue weighted by Crippen LogP contribution is -2.09. The molecule has 0 saturated heterocycles. The van der Waals surface area contributed by atoms with Crippen molar-refractivity contribution < 1.29 is 5.11 Å². The third-order valence-electron chi connectivity index (χ3n) is 6.38. The van der Waals surface area contributed by atoms with Crippen LogP contribution in [0.1, 0.15) is 48.4 Å². The SMILES string of the molecule is Cc1nn(-c2cc(Nc3c(C)c(-c4ccc(N)cc4)nn3CC3CC3)ncn2)c(C)c1C(C)O. The van der Waals surface area contributed by atoms with E-state index in [1.54, 1.807) is 11.6 Å². The number of nitrogens with two attached hydrogens (primary N) is 1. The molecule has 1 aliphatic rings. The molecule has 3 heterocycles. The number of hydrogen-bond donors (Lipinski definition) is 3. The van der Waals surface area contributed by atoms with E-state index in [4.69, 9.17) is 10.8 Å². The molecule has 9 heteroatoms. The van der Waals surface area contributed by atoms with Crippen molar-refractivity contribution >= 4 is 17.3 Å². The molecule has 1 fully saturated rings. The van der Waals surface area contributed by atoms with E-state index in [1.165, 1.54) is 19.2 Å². The van der Waals surface area contributed by atoms with Gasteiger partial charge in [-0.3, -0.25) is 0 Å². The average Bonchev–Trinajstić information content (AvgIpc) is 3.50. The molecule has 0 spiro atoms. The van der Waals surface area contributed by atoms with Crippen molar-refractivity contribution in [2.45, 2.75) is 53.2 Å². The molecule has 0 aliphatic heterocycles. The van der Waals surface area contributed by atoms with E-state index in [2.05, 4.69) is 32.0 Å². The first-order valence-corrected chi connectivity index (χ1v) is 11.6. The number of aryl methyl sites for hydroxylation is 1. The van der Waals surface area contributed by atoms with Crippen LogP contribution in [0.5, 0.6) is 0 Å². The first-order chi connectivity index (χ1) is 16.3. The van der Waals surface area contributed by atoms with E-state index in [0.29, 0.717) is 17.6 Å². The highest BCUT2D eigenvalue weighted by Crippen LogP contribution is 2.35. The van der Waals surface area contributed by atoms with Crippen LogP contribution in [0.2, 0.25) is 0 Å². The van der Waals surface area contributed by atoms with Gasteiger partial charge in [-0.25, -0.2) is 19.3 Å². The molecule has 1 saturated carbocycles. The second kappa shape index (κ2) is 8.57. The smallest absolute Gasteiger partial charge is 0.159 e. The summed E-state index contributed by atoms with van der Waals surface area (Å²) in [6.07, 6.45) is 3.39. The van der Waals surface area contributed by atoms with Crippen molar-refractivity contribution in [1.82, 2.24) is 29.5 Å². The van der Waals surface area contributed by atoms with Crippen molar-refractivity contribution in [2.75, 3.05) is 11.1 Å². The van der Waals surface area contributed by atoms with Gasteiger partial charge in [0.15, 0.2) is 5.82 Å². The first kappa shape index (κ1) is 22.1. The Bertz CT molecular complexity index is 1330. The summed E-state index contributed by atoms with van der Waals surface area (Å²) in [4.78, 5) is 8.88. The summed E-state index contributed by atoms with van der Waals surface area (Å²) in [5, 5.41) is 23.1. The second-order valence-electron chi connectivity index (χ2n) is 9.13. The Labute approximate surface area is 198 Å². The summed E-state index contributed by atoms with van der Waals surface area (Å²) in [6, 6.07) is 9.66. The highest BCUT2D eigenvalue weighted by molar-refractivity contribution is 5.72. The maximum atomic E-state index is 10.1. The van der Waals surface area contributed by atoms with Gasteiger partial charge in [0.25, 0.3) is 0 Å². The molecular formula is C25H30N8O. The molecular weight excluding hydrogens is 428 g/mol. The fourth-order valence-corrected chi connectivity index (χ4v) is 4.44. The first-order valence-electron chi connectivity index (χ1n) is 11.6. The van der Waals surface area contributed by atoms with Gasteiger partial charge in [0.05, 0.1) is 17.5 Å². The van der Waals surface area contributed by atoms with E-state index in [-0.39, 0.29) is 0 Å². The van der Waals surface area contributed by atoms with Gasteiger partial charge in [0.1, 0.15) is 18.0 Å². The number of aromatic nitrogens is 6. The maximum Gasteiger partial charge on any atom is 0.159 e. The van der Waals surface area contributed by atoms with Crippen LogP contribution in [0.4, 0.5) is 17.3 Å². The van der Waals surface area contributed by atoms with E-state index < -0.39 is 6.10 Å². The molecule has 176 valence electrons. The number of nitrogens with one attached hydrogen (secondary N) is 1. The highest BCUT2D eigenvalue weighted by atomic mass is 16.3. The largest absolute Gasteiger partial charge is 0.399 e. The minimum absolute atomic E-state index is 0.598. The topological polar surface area (TPSA) is 120 Å². The second-order valence-corrected chi connectivity index (χ2v) is 9.13. The summed E-state index contributed by atoms with van der Waals surface area (Å²) in [5.74, 6) is 2.87. The molecule has 1 unspecified atom stereocenters. The van der Waals surface area contributed by atoms with E-state index in [0.717, 1.165) is 51.8 Å². The molecule has 9 nitrogen and oxygen atoms in total. The van der Waals surface area contributed by atoms with Gasteiger partial charge in [0, 0.05) is 40.7 Å². The van der Waals surface area contributed by atoms with Crippen LogP contribution in [0.3, 0.4) is 0 Å². The van der Waals surface area contributed by atoms with Gasteiger partial charge in [-0.1, -0.05) is 12.1 Å².